The first-order chi connectivity index (χ1) is 23.0. The highest BCUT2D eigenvalue weighted by atomic mass is 16.6. The quantitative estimate of drug-likeness (QED) is 0.176. The van der Waals surface area contributed by atoms with E-state index >= 15 is 0 Å². The number of carbonyl (C=O) groups is 3. The second-order valence-electron chi connectivity index (χ2n) is 14.5. The van der Waals surface area contributed by atoms with Crippen LogP contribution in [0.25, 0.3) is 10.8 Å². The Balaban J connectivity index is 1.38. The predicted molar refractivity (Wildman–Crippen MR) is 192 cm³/mol. The van der Waals surface area contributed by atoms with Crippen LogP contribution in [0, 0.1) is 5.92 Å². The normalized spacial score (nSPS) is 16.6. The molecule has 0 bridgehead atoms. The van der Waals surface area contributed by atoms with E-state index in [0.717, 1.165) is 66.8 Å². The zero-order valence-electron chi connectivity index (χ0n) is 29.6. The number of alkyl carbamates (subject to hydrolysis) is 1. The van der Waals surface area contributed by atoms with E-state index in [0.29, 0.717) is 32.0 Å². The molecule has 0 aromatic heterocycles. The molecule has 0 spiro atoms. The standard InChI is InChI=1S/C40H55N3O5/c1-30(2)24-36-28-43(39(46)47-29-31-16-10-9-11-17-31)35(20-12-7-6-8-15-23-41-38(45)48-40(3,4)5)27-42(36)37(44)26-32-21-22-33-18-13-14-19-34(33)25-32/h9-11,13-14,16-19,21-22,25,30,35-36H,6-8,12,15,20,23-24,26-29H2,1-5H3,(H,41,45)/t35-,36+/m0/s1. The second-order valence-corrected chi connectivity index (χ2v) is 14.5. The van der Waals surface area contributed by atoms with Gasteiger partial charge in [0.2, 0.25) is 5.91 Å². The molecule has 0 saturated carbocycles. The number of piperazine rings is 1. The Kier molecular flexibility index (Phi) is 13.7. The fraction of sp³-hybridized carbons (Fsp3) is 0.525. The first-order valence-electron chi connectivity index (χ1n) is 17.7. The molecular weight excluding hydrogens is 602 g/mol. The third kappa shape index (κ3) is 11.9. The van der Waals surface area contributed by atoms with Crippen LogP contribution in [0.2, 0.25) is 0 Å². The lowest BCUT2D eigenvalue weighted by molar-refractivity contribution is -0.137. The Morgan fingerprint density at radius 1 is 0.792 bits per heavy atom. The van der Waals surface area contributed by atoms with Crippen LogP contribution in [0.15, 0.2) is 72.8 Å². The van der Waals surface area contributed by atoms with Gasteiger partial charge in [0.05, 0.1) is 12.5 Å². The highest BCUT2D eigenvalue weighted by molar-refractivity contribution is 5.85. The number of unbranched alkanes of at least 4 members (excludes halogenated alkanes) is 4. The fourth-order valence-corrected chi connectivity index (χ4v) is 6.44. The summed E-state index contributed by atoms with van der Waals surface area (Å²) in [5.74, 6) is 0.477. The van der Waals surface area contributed by atoms with Crippen LogP contribution < -0.4 is 5.32 Å². The van der Waals surface area contributed by atoms with E-state index in [1.54, 1.807) is 0 Å². The SMILES string of the molecule is CC(C)C[C@@H]1CN(C(=O)OCc2ccccc2)[C@@H](CCCCCCCNC(=O)OC(C)(C)C)CN1C(=O)Cc1ccc2ccccc2c1. The number of ether oxygens (including phenoxy) is 2. The average molecular weight is 658 g/mol. The minimum Gasteiger partial charge on any atom is -0.445 e. The molecule has 2 atom stereocenters. The van der Waals surface area contributed by atoms with Crippen LogP contribution >= 0.6 is 0 Å². The van der Waals surface area contributed by atoms with Gasteiger partial charge in [-0.25, -0.2) is 9.59 Å². The minimum absolute atomic E-state index is 0.0732. The largest absolute Gasteiger partial charge is 0.445 e. The Hall–Kier alpha value is -4.07. The third-order valence-electron chi connectivity index (χ3n) is 8.75. The zero-order chi connectivity index (χ0) is 34.5. The molecule has 1 aliphatic heterocycles. The van der Waals surface area contributed by atoms with E-state index in [-0.39, 0.29) is 36.8 Å². The van der Waals surface area contributed by atoms with E-state index in [2.05, 4.69) is 49.5 Å². The molecule has 8 heteroatoms. The van der Waals surface area contributed by atoms with Gasteiger partial charge in [-0.05, 0) is 67.9 Å². The molecule has 0 aliphatic carbocycles. The van der Waals surface area contributed by atoms with Crippen LogP contribution in [0.3, 0.4) is 0 Å². The topological polar surface area (TPSA) is 88.2 Å². The van der Waals surface area contributed by atoms with Gasteiger partial charge < -0.3 is 24.6 Å². The number of nitrogens with zero attached hydrogens (tertiary/aromatic N) is 2. The monoisotopic (exact) mass is 657 g/mol. The summed E-state index contributed by atoms with van der Waals surface area (Å²) in [5, 5.41) is 5.12. The van der Waals surface area contributed by atoms with Crippen molar-refractivity contribution in [3.63, 3.8) is 0 Å². The molecule has 48 heavy (non-hydrogen) atoms. The summed E-state index contributed by atoms with van der Waals surface area (Å²) in [6.07, 6.45) is 6.11. The molecule has 1 aliphatic rings. The van der Waals surface area contributed by atoms with Gasteiger partial charge in [-0.1, -0.05) is 112 Å². The van der Waals surface area contributed by atoms with E-state index in [1.807, 2.05) is 73.0 Å². The predicted octanol–water partition coefficient (Wildman–Crippen LogP) is 8.51. The van der Waals surface area contributed by atoms with Crippen molar-refractivity contribution < 1.29 is 23.9 Å². The smallest absolute Gasteiger partial charge is 0.410 e. The summed E-state index contributed by atoms with van der Waals surface area (Å²) < 4.78 is 11.1. The number of rotatable bonds is 14. The summed E-state index contributed by atoms with van der Waals surface area (Å²) in [5.41, 5.74) is 1.45. The van der Waals surface area contributed by atoms with Crippen molar-refractivity contribution in [2.24, 2.45) is 5.92 Å². The van der Waals surface area contributed by atoms with Gasteiger partial charge in [0.15, 0.2) is 0 Å². The van der Waals surface area contributed by atoms with Gasteiger partial charge in [-0.2, -0.15) is 0 Å². The Bertz CT molecular complexity index is 1470. The fourth-order valence-electron chi connectivity index (χ4n) is 6.44. The van der Waals surface area contributed by atoms with Gasteiger partial charge in [0.1, 0.15) is 12.2 Å². The van der Waals surface area contributed by atoms with Crippen LogP contribution in [0.5, 0.6) is 0 Å². The first-order valence-corrected chi connectivity index (χ1v) is 17.7. The summed E-state index contributed by atoms with van der Waals surface area (Å²) >= 11 is 0. The van der Waals surface area contributed by atoms with E-state index in [9.17, 15) is 14.4 Å². The molecule has 1 N–H and O–H groups in total. The maximum absolute atomic E-state index is 14.0. The van der Waals surface area contributed by atoms with Gasteiger partial charge in [-0.3, -0.25) is 4.79 Å². The molecule has 3 aromatic rings. The van der Waals surface area contributed by atoms with E-state index in [1.165, 1.54) is 0 Å². The number of fused-ring (bicyclic) bond motifs is 1. The summed E-state index contributed by atoms with van der Waals surface area (Å²) in [6, 6.07) is 24.0. The summed E-state index contributed by atoms with van der Waals surface area (Å²) in [4.78, 5) is 43.4. The molecule has 0 radical (unpaired) electrons. The minimum atomic E-state index is -0.503. The van der Waals surface area contributed by atoms with Crippen molar-refractivity contribution in [2.45, 2.75) is 110 Å². The molecular formula is C40H55N3O5. The van der Waals surface area contributed by atoms with Gasteiger partial charge >= 0.3 is 12.2 Å². The Morgan fingerprint density at radius 2 is 1.46 bits per heavy atom. The molecule has 3 amide bonds. The van der Waals surface area contributed by atoms with Crippen molar-refractivity contribution in [2.75, 3.05) is 19.6 Å². The van der Waals surface area contributed by atoms with Crippen LogP contribution in [0.4, 0.5) is 9.59 Å². The number of nitrogens with one attached hydrogen (secondary N) is 1. The molecule has 1 saturated heterocycles. The number of amides is 3. The van der Waals surface area contributed by atoms with Crippen molar-refractivity contribution >= 4 is 28.9 Å². The lowest BCUT2D eigenvalue weighted by atomic mass is 9.94. The lowest BCUT2D eigenvalue weighted by Crippen LogP contribution is -2.61. The average Bonchev–Trinajstić information content (AvgIpc) is 3.04. The van der Waals surface area contributed by atoms with Gasteiger partial charge in [0.25, 0.3) is 0 Å². The van der Waals surface area contributed by atoms with E-state index < -0.39 is 5.60 Å². The molecule has 1 fully saturated rings. The Labute approximate surface area is 287 Å². The van der Waals surface area contributed by atoms with Crippen molar-refractivity contribution in [1.82, 2.24) is 15.1 Å². The number of carbonyl (C=O) groups excluding carboxylic acids is 3. The number of hydrogen-bond acceptors (Lipinski definition) is 5. The van der Waals surface area contributed by atoms with Crippen LogP contribution in [-0.4, -0.2) is 65.2 Å². The van der Waals surface area contributed by atoms with E-state index in [4.69, 9.17) is 9.47 Å². The highest BCUT2D eigenvalue weighted by Crippen LogP contribution is 2.27. The molecule has 3 aromatic carbocycles. The lowest BCUT2D eigenvalue weighted by Gasteiger charge is -2.46. The van der Waals surface area contributed by atoms with Crippen LogP contribution in [-0.2, 0) is 27.3 Å². The molecule has 1 heterocycles. The highest BCUT2D eigenvalue weighted by Gasteiger charge is 2.39. The molecule has 0 unspecified atom stereocenters. The van der Waals surface area contributed by atoms with Gasteiger partial charge in [0, 0.05) is 25.7 Å². The molecule has 4 rings (SSSR count). The Morgan fingerprint density at radius 3 is 2.19 bits per heavy atom. The maximum Gasteiger partial charge on any atom is 0.410 e. The first kappa shape index (κ1) is 36.8. The zero-order valence-corrected chi connectivity index (χ0v) is 29.6. The second kappa shape index (κ2) is 17.9. The summed E-state index contributed by atoms with van der Waals surface area (Å²) in [7, 11) is 0. The maximum atomic E-state index is 14.0. The van der Waals surface area contributed by atoms with Crippen molar-refractivity contribution in [3.8, 4) is 0 Å². The molecule has 260 valence electrons. The molecule has 8 nitrogen and oxygen atoms in total. The summed E-state index contributed by atoms with van der Waals surface area (Å²) in [6.45, 7) is 11.7. The van der Waals surface area contributed by atoms with Crippen LogP contribution in [0.1, 0.15) is 90.7 Å². The van der Waals surface area contributed by atoms with Gasteiger partial charge in [-0.15, -0.1) is 0 Å². The van der Waals surface area contributed by atoms with Crippen molar-refractivity contribution in [3.05, 3.63) is 83.9 Å². The number of benzene rings is 3. The number of hydrogen-bond donors (Lipinski definition) is 1. The van der Waals surface area contributed by atoms with Crippen molar-refractivity contribution in [1.29, 1.82) is 0 Å². The third-order valence-corrected chi connectivity index (χ3v) is 8.75.